The van der Waals surface area contributed by atoms with Crippen LogP contribution in [0.2, 0.25) is 0 Å². The molecule has 0 bridgehead atoms. The number of carbonyl (C=O) groups excluding carboxylic acids is 2. The SMILES string of the molecule is NC(=O)c1ccc(NC(=O)c2cc3c(s2)-c2ccccc2CC3)cc1. The molecule has 0 atom stereocenters. The van der Waals surface area contributed by atoms with E-state index in [0.29, 0.717) is 16.1 Å². The molecule has 5 heteroatoms. The first-order chi connectivity index (χ1) is 12.1. The van der Waals surface area contributed by atoms with Crippen molar-refractivity contribution in [3.05, 3.63) is 76.2 Å². The lowest BCUT2D eigenvalue weighted by Gasteiger charge is -2.15. The quantitative estimate of drug-likeness (QED) is 0.754. The Morgan fingerprint density at radius 2 is 1.68 bits per heavy atom. The predicted molar refractivity (Wildman–Crippen MR) is 100 cm³/mol. The number of fused-ring (bicyclic) bond motifs is 3. The molecule has 0 saturated carbocycles. The Bertz CT molecular complexity index is 974. The molecule has 1 heterocycles. The highest BCUT2D eigenvalue weighted by molar-refractivity contribution is 7.17. The summed E-state index contributed by atoms with van der Waals surface area (Å²) >= 11 is 1.53. The fraction of sp³-hybridized carbons (Fsp3) is 0.100. The average Bonchev–Trinajstić information content (AvgIpc) is 3.07. The van der Waals surface area contributed by atoms with Crippen molar-refractivity contribution >= 4 is 28.8 Å². The topological polar surface area (TPSA) is 72.2 Å². The van der Waals surface area contributed by atoms with Crippen molar-refractivity contribution in [2.24, 2.45) is 5.73 Å². The zero-order valence-corrected chi connectivity index (χ0v) is 14.2. The Balaban J connectivity index is 1.58. The summed E-state index contributed by atoms with van der Waals surface area (Å²) in [6.45, 7) is 0. The van der Waals surface area contributed by atoms with E-state index in [2.05, 4.69) is 23.5 Å². The van der Waals surface area contributed by atoms with Gasteiger partial charge in [0.25, 0.3) is 5.91 Å². The van der Waals surface area contributed by atoms with E-state index in [-0.39, 0.29) is 5.91 Å². The Hall–Kier alpha value is -2.92. The van der Waals surface area contributed by atoms with Crippen LogP contribution in [0.3, 0.4) is 0 Å². The van der Waals surface area contributed by atoms with Crippen molar-refractivity contribution in [2.75, 3.05) is 5.32 Å². The van der Waals surface area contributed by atoms with Gasteiger partial charge >= 0.3 is 0 Å². The minimum atomic E-state index is -0.484. The first kappa shape index (κ1) is 15.6. The highest BCUT2D eigenvalue weighted by Crippen LogP contribution is 2.39. The standard InChI is InChI=1S/C20H16N2O2S/c21-19(23)13-7-9-15(10-8-13)22-20(24)17-11-14-6-5-12-3-1-2-4-16(12)18(14)25-17/h1-4,7-11H,5-6H2,(H2,21,23)(H,22,24). The molecule has 2 amide bonds. The molecule has 1 aromatic heterocycles. The molecule has 3 aromatic rings. The van der Waals surface area contributed by atoms with Crippen LogP contribution >= 0.6 is 11.3 Å². The van der Waals surface area contributed by atoms with E-state index < -0.39 is 5.91 Å². The lowest BCUT2D eigenvalue weighted by Crippen LogP contribution is -2.12. The Morgan fingerprint density at radius 3 is 2.44 bits per heavy atom. The van der Waals surface area contributed by atoms with Crippen LogP contribution in [0, 0.1) is 0 Å². The summed E-state index contributed by atoms with van der Waals surface area (Å²) < 4.78 is 0. The van der Waals surface area contributed by atoms with Crippen LogP contribution < -0.4 is 11.1 Å². The molecule has 0 radical (unpaired) electrons. The number of amides is 2. The Kier molecular flexibility index (Phi) is 3.86. The number of thiophene rings is 1. The molecule has 124 valence electrons. The van der Waals surface area contributed by atoms with Crippen molar-refractivity contribution in [2.45, 2.75) is 12.8 Å². The maximum Gasteiger partial charge on any atom is 0.265 e. The van der Waals surface area contributed by atoms with E-state index in [1.54, 1.807) is 24.3 Å². The van der Waals surface area contributed by atoms with Crippen LogP contribution in [0.25, 0.3) is 10.4 Å². The minimum Gasteiger partial charge on any atom is -0.366 e. The zero-order chi connectivity index (χ0) is 17.4. The fourth-order valence-corrected chi connectivity index (χ4v) is 4.26. The van der Waals surface area contributed by atoms with Gasteiger partial charge in [0.05, 0.1) is 4.88 Å². The van der Waals surface area contributed by atoms with Gasteiger partial charge in [0, 0.05) is 16.1 Å². The normalized spacial score (nSPS) is 12.2. The number of carbonyl (C=O) groups is 2. The van der Waals surface area contributed by atoms with Gasteiger partial charge in [-0.15, -0.1) is 11.3 Å². The molecule has 3 N–H and O–H groups in total. The third kappa shape index (κ3) is 2.94. The van der Waals surface area contributed by atoms with Gasteiger partial charge in [0.15, 0.2) is 0 Å². The van der Waals surface area contributed by atoms with Crippen LogP contribution in [0.15, 0.2) is 54.6 Å². The summed E-state index contributed by atoms with van der Waals surface area (Å²) in [6, 6.07) is 16.9. The Labute approximate surface area is 149 Å². The minimum absolute atomic E-state index is 0.135. The average molecular weight is 348 g/mol. The van der Waals surface area contributed by atoms with Crippen LogP contribution in [0.1, 0.15) is 31.2 Å². The molecule has 0 fully saturated rings. The van der Waals surface area contributed by atoms with Crippen molar-refractivity contribution in [1.29, 1.82) is 0 Å². The number of aryl methyl sites for hydroxylation is 2. The van der Waals surface area contributed by atoms with Crippen LogP contribution in [0.4, 0.5) is 5.69 Å². The predicted octanol–water partition coefficient (Wildman–Crippen LogP) is 3.86. The number of benzene rings is 2. The highest BCUT2D eigenvalue weighted by atomic mass is 32.1. The number of primary amides is 1. The van der Waals surface area contributed by atoms with E-state index in [1.165, 1.54) is 32.9 Å². The number of nitrogens with one attached hydrogen (secondary N) is 1. The second-order valence-electron chi connectivity index (χ2n) is 6.02. The van der Waals surface area contributed by atoms with Crippen molar-refractivity contribution in [1.82, 2.24) is 0 Å². The monoisotopic (exact) mass is 348 g/mol. The van der Waals surface area contributed by atoms with E-state index in [0.717, 1.165) is 12.8 Å². The van der Waals surface area contributed by atoms with Gasteiger partial charge in [-0.1, -0.05) is 24.3 Å². The number of nitrogens with two attached hydrogens (primary N) is 1. The molecule has 4 rings (SSSR count). The lowest BCUT2D eigenvalue weighted by atomic mass is 9.91. The molecule has 1 aliphatic rings. The van der Waals surface area contributed by atoms with Gasteiger partial charge in [0.1, 0.15) is 0 Å². The summed E-state index contributed by atoms with van der Waals surface area (Å²) in [5.74, 6) is -0.619. The van der Waals surface area contributed by atoms with E-state index in [9.17, 15) is 9.59 Å². The molecular formula is C20H16N2O2S. The van der Waals surface area contributed by atoms with Gasteiger partial charge in [-0.05, 0) is 59.9 Å². The van der Waals surface area contributed by atoms with Gasteiger partial charge in [-0.3, -0.25) is 9.59 Å². The zero-order valence-electron chi connectivity index (χ0n) is 13.4. The molecule has 2 aromatic carbocycles. The Morgan fingerprint density at radius 1 is 0.960 bits per heavy atom. The largest absolute Gasteiger partial charge is 0.366 e. The fourth-order valence-electron chi connectivity index (χ4n) is 3.09. The maximum absolute atomic E-state index is 12.6. The van der Waals surface area contributed by atoms with Gasteiger partial charge in [0.2, 0.25) is 5.91 Å². The highest BCUT2D eigenvalue weighted by Gasteiger charge is 2.21. The van der Waals surface area contributed by atoms with Crippen LogP contribution in [0.5, 0.6) is 0 Å². The summed E-state index contributed by atoms with van der Waals surface area (Å²) in [5, 5.41) is 2.88. The molecule has 0 aliphatic heterocycles. The number of hydrogen-bond acceptors (Lipinski definition) is 3. The molecular weight excluding hydrogens is 332 g/mol. The van der Waals surface area contributed by atoms with Gasteiger partial charge in [-0.25, -0.2) is 0 Å². The summed E-state index contributed by atoms with van der Waals surface area (Å²) in [4.78, 5) is 25.6. The lowest BCUT2D eigenvalue weighted by molar-refractivity contribution is 0.0998. The molecule has 0 unspecified atom stereocenters. The second kappa shape index (κ2) is 6.18. The second-order valence-corrected chi connectivity index (χ2v) is 7.07. The van der Waals surface area contributed by atoms with Gasteiger partial charge in [-0.2, -0.15) is 0 Å². The van der Waals surface area contributed by atoms with E-state index in [4.69, 9.17) is 5.73 Å². The summed E-state index contributed by atoms with van der Waals surface area (Å²) in [7, 11) is 0. The molecule has 0 saturated heterocycles. The first-order valence-electron chi connectivity index (χ1n) is 8.04. The van der Waals surface area contributed by atoms with Gasteiger partial charge < -0.3 is 11.1 Å². The molecule has 25 heavy (non-hydrogen) atoms. The van der Waals surface area contributed by atoms with Crippen LogP contribution in [-0.2, 0) is 12.8 Å². The first-order valence-corrected chi connectivity index (χ1v) is 8.85. The van der Waals surface area contributed by atoms with Crippen LogP contribution in [-0.4, -0.2) is 11.8 Å². The third-order valence-electron chi connectivity index (χ3n) is 4.39. The van der Waals surface area contributed by atoms with Crippen molar-refractivity contribution in [3.63, 3.8) is 0 Å². The number of anilines is 1. The van der Waals surface area contributed by atoms with E-state index in [1.807, 2.05) is 12.1 Å². The summed E-state index contributed by atoms with van der Waals surface area (Å²) in [5.41, 5.74) is 10.1. The number of rotatable bonds is 3. The molecule has 4 nitrogen and oxygen atoms in total. The molecule has 0 spiro atoms. The molecule has 1 aliphatic carbocycles. The number of hydrogen-bond donors (Lipinski definition) is 2. The third-order valence-corrected chi connectivity index (χ3v) is 5.60. The maximum atomic E-state index is 12.6. The van der Waals surface area contributed by atoms with E-state index >= 15 is 0 Å². The van der Waals surface area contributed by atoms with Crippen molar-refractivity contribution in [3.8, 4) is 10.4 Å². The smallest absolute Gasteiger partial charge is 0.265 e. The summed E-state index contributed by atoms with van der Waals surface area (Å²) in [6.07, 6.45) is 1.97. The van der Waals surface area contributed by atoms with Crippen molar-refractivity contribution < 1.29 is 9.59 Å².